The van der Waals surface area contributed by atoms with E-state index in [4.69, 9.17) is 4.52 Å². The Morgan fingerprint density at radius 2 is 2.08 bits per heavy atom. The minimum Gasteiger partial charge on any atom is -0.405 e. The van der Waals surface area contributed by atoms with Crippen LogP contribution in [0.5, 0.6) is 5.75 Å². The molecule has 0 spiro atoms. The third-order valence-electron chi connectivity index (χ3n) is 4.26. The molecular formula is C17H19F3N2O4. The van der Waals surface area contributed by atoms with Gasteiger partial charge in [-0.3, -0.25) is 4.90 Å². The molecule has 1 aliphatic heterocycles. The minimum atomic E-state index is -4.80. The molecule has 1 fully saturated rings. The van der Waals surface area contributed by atoms with Crippen molar-refractivity contribution in [1.82, 2.24) is 10.1 Å². The van der Waals surface area contributed by atoms with Crippen molar-refractivity contribution in [3.63, 3.8) is 0 Å². The first-order chi connectivity index (χ1) is 12.3. The molecule has 0 amide bonds. The van der Waals surface area contributed by atoms with Gasteiger partial charge in [-0.25, -0.2) is 0 Å². The van der Waals surface area contributed by atoms with Crippen LogP contribution in [-0.4, -0.2) is 51.9 Å². The second kappa shape index (κ2) is 7.26. The molecule has 142 valence electrons. The number of aliphatic hydroxyl groups excluding tert-OH is 1. The number of hydrogen-bond acceptors (Lipinski definition) is 6. The molecule has 1 saturated heterocycles. The van der Waals surface area contributed by atoms with Crippen molar-refractivity contribution < 1.29 is 32.6 Å². The van der Waals surface area contributed by atoms with Crippen molar-refractivity contribution in [2.24, 2.45) is 0 Å². The average Bonchev–Trinajstić information content (AvgIpc) is 3.02. The van der Waals surface area contributed by atoms with E-state index in [9.17, 15) is 23.4 Å². The van der Waals surface area contributed by atoms with Gasteiger partial charge >= 0.3 is 6.36 Å². The Morgan fingerprint density at radius 3 is 2.81 bits per heavy atom. The van der Waals surface area contributed by atoms with Crippen LogP contribution in [0, 0.1) is 0 Å². The molecular weight excluding hydrogens is 353 g/mol. The number of likely N-dealkylation sites (tertiary alicyclic amines) is 1. The monoisotopic (exact) mass is 372 g/mol. The molecule has 1 aromatic carbocycles. The lowest BCUT2D eigenvalue weighted by molar-refractivity contribution is -0.274. The predicted octanol–water partition coefficient (Wildman–Crippen LogP) is 2.56. The summed E-state index contributed by atoms with van der Waals surface area (Å²) in [6.45, 7) is 1.00. The van der Waals surface area contributed by atoms with E-state index in [0.717, 1.165) is 6.42 Å². The molecule has 3 rings (SSSR count). The van der Waals surface area contributed by atoms with Gasteiger partial charge in [0.15, 0.2) is 5.76 Å². The second-order valence-electron chi connectivity index (χ2n) is 6.42. The second-order valence-corrected chi connectivity index (χ2v) is 6.42. The van der Waals surface area contributed by atoms with Gasteiger partial charge in [0.05, 0.1) is 13.2 Å². The van der Waals surface area contributed by atoms with Gasteiger partial charge in [0.25, 0.3) is 0 Å². The molecule has 0 aliphatic carbocycles. The number of benzene rings is 1. The number of aliphatic hydroxyl groups is 2. The summed E-state index contributed by atoms with van der Waals surface area (Å²) in [5.41, 5.74) is -0.742. The van der Waals surface area contributed by atoms with E-state index in [-0.39, 0.29) is 30.2 Å². The molecule has 1 unspecified atom stereocenters. The highest BCUT2D eigenvalue weighted by molar-refractivity contribution is 5.66. The Bertz CT molecular complexity index is 750. The van der Waals surface area contributed by atoms with Crippen LogP contribution in [0.1, 0.15) is 18.6 Å². The summed E-state index contributed by atoms with van der Waals surface area (Å²) in [6, 6.07) is 7.25. The largest absolute Gasteiger partial charge is 0.573 e. The Balaban J connectivity index is 1.75. The van der Waals surface area contributed by atoms with Crippen molar-refractivity contribution in [2.45, 2.75) is 31.3 Å². The molecule has 6 nitrogen and oxygen atoms in total. The quantitative estimate of drug-likeness (QED) is 0.840. The topological polar surface area (TPSA) is 79.0 Å². The van der Waals surface area contributed by atoms with Gasteiger partial charge in [0, 0.05) is 18.2 Å². The summed E-state index contributed by atoms with van der Waals surface area (Å²) in [5.74, 6) is 0.0940. The third-order valence-corrected chi connectivity index (χ3v) is 4.26. The maximum atomic E-state index is 12.5. The zero-order chi connectivity index (χ0) is 18.8. The number of ether oxygens (including phenoxy) is 1. The van der Waals surface area contributed by atoms with Crippen LogP contribution in [-0.2, 0) is 6.54 Å². The highest BCUT2D eigenvalue weighted by Gasteiger charge is 2.34. The van der Waals surface area contributed by atoms with E-state index in [1.165, 1.54) is 18.2 Å². The molecule has 1 aliphatic rings. The van der Waals surface area contributed by atoms with Gasteiger partial charge in [0.2, 0.25) is 0 Å². The lowest BCUT2D eigenvalue weighted by Crippen LogP contribution is -2.49. The maximum Gasteiger partial charge on any atom is 0.573 e. The molecule has 0 radical (unpaired) electrons. The Hall–Kier alpha value is -2.10. The van der Waals surface area contributed by atoms with Crippen LogP contribution in [0.15, 0.2) is 34.9 Å². The summed E-state index contributed by atoms with van der Waals surface area (Å²) < 4.78 is 46.9. The van der Waals surface area contributed by atoms with E-state index in [1.807, 2.05) is 4.90 Å². The van der Waals surface area contributed by atoms with Crippen molar-refractivity contribution in [1.29, 1.82) is 0 Å². The first kappa shape index (κ1) is 18.7. The fraction of sp³-hybridized carbons (Fsp3) is 0.471. The van der Waals surface area contributed by atoms with Crippen molar-refractivity contribution in [2.75, 3.05) is 19.7 Å². The molecule has 26 heavy (non-hydrogen) atoms. The molecule has 1 aromatic heterocycles. The fourth-order valence-electron chi connectivity index (χ4n) is 3.10. The van der Waals surface area contributed by atoms with Crippen molar-refractivity contribution in [3.05, 3.63) is 36.1 Å². The summed E-state index contributed by atoms with van der Waals surface area (Å²) in [6.07, 6.45) is -3.56. The lowest BCUT2D eigenvalue weighted by atomic mass is 9.94. The van der Waals surface area contributed by atoms with Crippen molar-refractivity contribution >= 4 is 0 Å². The van der Waals surface area contributed by atoms with Crippen LogP contribution < -0.4 is 4.74 Å². The van der Waals surface area contributed by atoms with E-state index in [2.05, 4.69) is 9.89 Å². The van der Waals surface area contributed by atoms with Gasteiger partial charge in [-0.05, 0) is 31.5 Å². The normalized spacial score (nSPS) is 21.7. The third kappa shape index (κ3) is 4.54. The van der Waals surface area contributed by atoms with E-state index in [0.29, 0.717) is 25.3 Å². The maximum absolute atomic E-state index is 12.5. The summed E-state index contributed by atoms with van der Waals surface area (Å²) in [5, 5.41) is 23.3. The van der Waals surface area contributed by atoms with Gasteiger partial charge < -0.3 is 19.5 Å². The number of nitrogens with zero attached hydrogens (tertiary/aromatic N) is 2. The van der Waals surface area contributed by atoms with Gasteiger partial charge in [-0.1, -0.05) is 17.3 Å². The summed E-state index contributed by atoms with van der Waals surface area (Å²) in [7, 11) is 0. The molecule has 2 aromatic rings. The highest BCUT2D eigenvalue weighted by atomic mass is 19.4. The van der Waals surface area contributed by atoms with E-state index >= 15 is 0 Å². The SMILES string of the molecule is OCC1(O)CCCN(Cc2cc(-c3ccccc3OC(F)(F)F)no2)C1. The van der Waals surface area contributed by atoms with E-state index in [1.54, 1.807) is 12.1 Å². The van der Waals surface area contributed by atoms with Gasteiger partial charge in [-0.15, -0.1) is 13.2 Å². The Kier molecular flexibility index (Phi) is 5.22. The molecule has 9 heteroatoms. The average molecular weight is 372 g/mol. The van der Waals surface area contributed by atoms with Crippen LogP contribution in [0.2, 0.25) is 0 Å². The first-order valence-electron chi connectivity index (χ1n) is 8.14. The van der Waals surface area contributed by atoms with E-state index < -0.39 is 12.0 Å². The smallest absolute Gasteiger partial charge is 0.405 e. The number of para-hydroxylation sites is 1. The number of rotatable bonds is 5. The Labute approximate surface area is 147 Å². The highest BCUT2D eigenvalue weighted by Crippen LogP contribution is 2.33. The van der Waals surface area contributed by atoms with Gasteiger partial charge in [-0.2, -0.15) is 0 Å². The molecule has 2 N–H and O–H groups in total. The zero-order valence-corrected chi connectivity index (χ0v) is 13.9. The fourth-order valence-corrected chi connectivity index (χ4v) is 3.10. The molecule has 0 bridgehead atoms. The van der Waals surface area contributed by atoms with Crippen LogP contribution in [0.3, 0.4) is 0 Å². The number of aromatic nitrogens is 1. The number of β-amino-alcohol motifs (C(OH)–C–C–N with tert-alkyl or cyclic N) is 1. The number of piperidine rings is 1. The molecule has 2 heterocycles. The number of hydrogen-bond donors (Lipinski definition) is 2. The standard InChI is InChI=1S/C17H19F3N2O4/c18-17(19,20)25-15-5-2-1-4-13(15)14-8-12(26-21-14)9-22-7-3-6-16(24,10-22)11-23/h1-2,4-5,8,23-24H,3,6-7,9-11H2. The zero-order valence-electron chi connectivity index (χ0n) is 13.9. The number of halogens is 3. The van der Waals surface area contributed by atoms with Crippen LogP contribution in [0.25, 0.3) is 11.3 Å². The van der Waals surface area contributed by atoms with Crippen molar-refractivity contribution in [3.8, 4) is 17.0 Å². The number of alkyl halides is 3. The Morgan fingerprint density at radius 1 is 1.31 bits per heavy atom. The minimum absolute atomic E-state index is 0.172. The first-order valence-corrected chi connectivity index (χ1v) is 8.14. The summed E-state index contributed by atoms with van der Waals surface area (Å²) in [4.78, 5) is 1.90. The predicted molar refractivity (Wildman–Crippen MR) is 85.2 cm³/mol. The van der Waals surface area contributed by atoms with Crippen LogP contribution in [0.4, 0.5) is 13.2 Å². The molecule has 1 atom stereocenters. The summed E-state index contributed by atoms with van der Waals surface area (Å²) >= 11 is 0. The molecule has 0 saturated carbocycles. The van der Waals surface area contributed by atoms with Crippen LogP contribution >= 0.6 is 0 Å². The van der Waals surface area contributed by atoms with Gasteiger partial charge in [0.1, 0.15) is 17.0 Å². The lowest BCUT2D eigenvalue weighted by Gasteiger charge is -2.37.